The van der Waals surface area contributed by atoms with E-state index in [-0.39, 0.29) is 22.3 Å². The number of ether oxygens (including phenoxy) is 1. The molecule has 0 amide bonds. The van der Waals surface area contributed by atoms with Crippen LogP contribution in [0.4, 0.5) is 5.69 Å². The topological polar surface area (TPSA) is 94.9 Å². The zero-order valence-electron chi connectivity index (χ0n) is 15.1. The molecule has 8 heteroatoms. The van der Waals surface area contributed by atoms with Crippen LogP contribution in [0.5, 0.6) is 0 Å². The van der Waals surface area contributed by atoms with Gasteiger partial charge in [0.25, 0.3) is 5.69 Å². The van der Waals surface area contributed by atoms with Crippen LogP contribution in [-0.4, -0.2) is 16.8 Å². The van der Waals surface area contributed by atoms with Gasteiger partial charge >= 0.3 is 5.97 Å². The summed E-state index contributed by atoms with van der Waals surface area (Å²) in [5.41, 5.74) is 2.28. The van der Waals surface area contributed by atoms with E-state index in [9.17, 15) is 14.9 Å². The first-order valence-electron chi connectivity index (χ1n) is 8.54. The highest BCUT2D eigenvalue weighted by molar-refractivity contribution is 6.33. The third kappa shape index (κ3) is 3.81. The van der Waals surface area contributed by atoms with Gasteiger partial charge in [-0.05, 0) is 37.3 Å². The van der Waals surface area contributed by atoms with Gasteiger partial charge < -0.3 is 9.15 Å². The molecule has 1 aliphatic heterocycles. The molecule has 0 saturated carbocycles. The van der Waals surface area contributed by atoms with E-state index in [4.69, 9.17) is 20.8 Å². The SMILES string of the molecule is Cc1ccc(C2=N/C(=C/c3ccc(-c4ccc([N+](=O)[O-])cc4Cl)o3)C(=O)O2)cc1. The molecule has 2 aromatic carbocycles. The Balaban J connectivity index is 1.61. The molecule has 0 fully saturated rings. The molecule has 3 aromatic rings. The summed E-state index contributed by atoms with van der Waals surface area (Å²) in [5.74, 6) is 0.430. The number of aliphatic imine (C=N–C) groups is 1. The van der Waals surface area contributed by atoms with Crippen LogP contribution in [0.3, 0.4) is 0 Å². The number of rotatable bonds is 4. The quantitative estimate of drug-likeness (QED) is 0.257. The Bertz CT molecular complexity index is 1190. The molecule has 0 atom stereocenters. The maximum atomic E-state index is 12.1. The lowest BCUT2D eigenvalue weighted by Gasteiger charge is -2.00. The second kappa shape index (κ2) is 7.37. The van der Waals surface area contributed by atoms with E-state index in [1.54, 1.807) is 12.1 Å². The number of nitro groups is 1. The van der Waals surface area contributed by atoms with Crippen LogP contribution < -0.4 is 0 Å². The fraction of sp³-hybridized carbons (Fsp3) is 0.0476. The number of hydrogen-bond acceptors (Lipinski definition) is 6. The van der Waals surface area contributed by atoms with Crippen LogP contribution in [0.1, 0.15) is 16.9 Å². The van der Waals surface area contributed by atoms with E-state index in [2.05, 4.69) is 4.99 Å². The number of carbonyl (C=O) groups excluding carboxylic acids is 1. The van der Waals surface area contributed by atoms with Crippen molar-refractivity contribution in [3.63, 3.8) is 0 Å². The van der Waals surface area contributed by atoms with E-state index in [1.165, 1.54) is 24.3 Å². The van der Waals surface area contributed by atoms with Crippen molar-refractivity contribution < 1.29 is 18.9 Å². The molecular formula is C21H13ClN2O5. The third-order valence-electron chi connectivity index (χ3n) is 4.25. The lowest BCUT2D eigenvalue weighted by molar-refractivity contribution is -0.384. The summed E-state index contributed by atoms with van der Waals surface area (Å²) in [4.78, 5) is 26.7. The van der Waals surface area contributed by atoms with Crippen molar-refractivity contribution in [2.45, 2.75) is 6.92 Å². The maximum Gasteiger partial charge on any atom is 0.363 e. The fourth-order valence-electron chi connectivity index (χ4n) is 2.76. The average molecular weight is 409 g/mol. The first-order chi connectivity index (χ1) is 13.9. The second-order valence-electron chi connectivity index (χ2n) is 6.33. The Hall–Kier alpha value is -3.71. The fourth-order valence-corrected chi connectivity index (χ4v) is 3.02. The molecule has 0 spiro atoms. The summed E-state index contributed by atoms with van der Waals surface area (Å²) < 4.78 is 10.9. The predicted molar refractivity (Wildman–Crippen MR) is 108 cm³/mol. The Morgan fingerprint density at radius 2 is 1.86 bits per heavy atom. The molecule has 7 nitrogen and oxygen atoms in total. The highest BCUT2D eigenvalue weighted by Crippen LogP contribution is 2.33. The smallest absolute Gasteiger partial charge is 0.363 e. The number of cyclic esters (lactones) is 1. The molecule has 0 radical (unpaired) electrons. The summed E-state index contributed by atoms with van der Waals surface area (Å²) in [6.45, 7) is 1.96. The number of aryl methyl sites for hydroxylation is 1. The van der Waals surface area contributed by atoms with Gasteiger partial charge in [-0.15, -0.1) is 0 Å². The molecule has 0 saturated heterocycles. The number of nitro benzene ring substituents is 1. The summed E-state index contributed by atoms with van der Waals surface area (Å²) >= 11 is 6.13. The summed E-state index contributed by atoms with van der Waals surface area (Å²) in [7, 11) is 0. The van der Waals surface area contributed by atoms with Crippen molar-refractivity contribution >= 4 is 35.2 Å². The second-order valence-corrected chi connectivity index (χ2v) is 6.73. The number of nitrogens with zero attached hydrogens (tertiary/aromatic N) is 2. The largest absolute Gasteiger partial charge is 0.457 e. The average Bonchev–Trinajstić information content (AvgIpc) is 3.29. The molecule has 0 aliphatic carbocycles. The minimum Gasteiger partial charge on any atom is -0.457 e. The normalized spacial score (nSPS) is 14.8. The van der Waals surface area contributed by atoms with Crippen LogP contribution in [0.2, 0.25) is 5.02 Å². The minimum absolute atomic E-state index is 0.108. The number of benzene rings is 2. The van der Waals surface area contributed by atoms with Gasteiger partial charge in [0, 0.05) is 29.3 Å². The molecular weight excluding hydrogens is 396 g/mol. The minimum atomic E-state index is -0.577. The number of halogens is 1. The molecule has 0 bridgehead atoms. The van der Waals surface area contributed by atoms with Gasteiger partial charge in [-0.3, -0.25) is 10.1 Å². The zero-order valence-corrected chi connectivity index (χ0v) is 15.8. The molecule has 1 aromatic heterocycles. The van der Waals surface area contributed by atoms with Crippen molar-refractivity contribution in [3.05, 3.63) is 92.3 Å². The molecule has 0 N–H and O–H groups in total. The number of hydrogen-bond donors (Lipinski definition) is 0. The molecule has 2 heterocycles. The van der Waals surface area contributed by atoms with Crippen molar-refractivity contribution in [2.24, 2.45) is 4.99 Å². The lowest BCUT2D eigenvalue weighted by atomic mass is 10.1. The standard InChI is InChI=1S/C21H13ClN2O5/c1-12-2-4-13(5-3-12)20-23-18(21(25)29-20)11-15-7-9-19(28-15)16-8-6-14(24(26)27)10-17(16)22/h2-11H,1H3/b18-11+. The maximum absolute atomic E-state index is 12.1. The van der Waals surface area contributed by atoms with Gasteiger partial charge in [0.05, 0.1) is 9.95 Å². The van der Waals surface area contributed by atoms with Crippen molar-refractivity contribution in [3.8, 4) is 11.3 Å². The van der Waals surface area contributed by atoms with E-state index >= 15 is 0 Å². The summed E-state index contributed by atoms with van der Waals surface area (Å²) in [6, 6.07) is 14.9. The molecule has 0 unspecified atom stereocenters. The number of esters is 1. The Morgan fingerprint density at radius 3 is 2.55 bits per heavy atom. The Labute approximate surface area is 170 Å². The van der Waals surface area contributed by atoms with Gasteiger partial charge in [-0.25, -0.2) is 9.79 Å². The van der Waals surface area contributed by atoms with Crippen LogP contribution in [0.15, 0.2) is 69.7 Å². The van der Waals surface area contributed by atoms with Gasteiger partial charge in [0.2, 0.25) is 5.90 Å². The van der Waals surface area contributed by atoms with Gasteiger partial charge in [0.15, 0.2) is 5.70 Å². The first-order valence-corrected chi connectivity index (χ1v) is 8.92. The van der Waals surface area contributed by atoms with Crippen LogP contribution in [-0.2, 0) is 9.53 Å². The Kier molecular flexibility index (Phi) is 4.74. The monoisotopic (exact) mass is 408 g/mol. The summed E-state index contributed by atoms with van der Waals surface area (Å²) in [6.07, 6.45) is 1.46. The van der Waals surface area contributed by atoms with Crippen molar-refractivity contribution in [1.82, 2.24) is 0 Å². The molecule has 144 valence electrons. The number of carbonyl (C=O) groups is 1. The van der Waals surface area contributed by atoms with Crippen molar-refractivity contribution in [2.75, 3.05) is 0 Å². The van der Waals surface area contributed by atoms with Crippen LogP contribution in [0.25, 0.3) is 17.4 Å². The van der Waals surface area contributed by atoms with Gasteiger partial charge in [-0.1, -0.05) is 29.3 Å². The lowest BCUT2D eigenvalue weighted by Crippen LogP contribution is -2.05. The third-order valence-corrected chi connectivity index (χ3v) is 4.57. The number of furan rings is 1. The number of non-ortho nitro benzene ring substituents is 1. The van der Waals surface area contributed by atoms with E-state index in [1.807, 2.05) is 31.2 Å². The van der Waals surface area contributed by atoms with Crippen LogP contribution in [0, 0.1) is 17.0 Å². The first kappa shape index (κ1) is 18.6. The Morgan fingerprint density at radius 1 is 1.10 bits per heavy atom. The highest BCUT2D eigenvalue weighted by atomic mass is 35.5. The molecule has 29 heavy (non-hydrogen) atoms. The van der Waals surface area contributed by atoms with Gasteiger partial charge in [-0.2, -0.15) is 0 Å². The zero-order chi connectivity index (χ0) is 20.5. The van der Waals surface area contributed by atoms with Crippen LogP contribution >= 0.6 is 11.6 Å². The highest BCUT2D eigenvalue weighted by Gasteiger charge is 2.24. The van der Waals surface area contributed by atoms with E-state index in [0.717, 1.165) is 5.56 Å². The molecule has 4 rings (SSSR count). The summed E-state index contributed by atoms with van der Waals surface area (Å²) in [5, 5.41) is 11.0. The van der Waals surface area contributed by atoms with E-state index < -0.39 is 10.9 Å². The van der Waals surface area contributed by atoms with Gasteiger partial charge in [0.1, 0.15) is 11.5 Å². The predicted octanol–water partition coefficient (Wildman–Crippen LogP) is 5.16. The molecule has 1 aliphatic rings. The van der Waals surface area contributed by atoms with Crippen molar-refractivity contribution in [1.29, 1.82) is 0 Å². The van der Waals surface area contributed by atoms with E-state index in [0.29, 0.717) is 22.6 Å².